The Morgan fingerprint density at radius 1 is 1.20 bits per heavy atom. The first kappa shape index (κ1) is 20.3. The number of hydrogen-bond acceptors (Lipinski definition) is 5. The van der Waals surface area contributed by atoms with E-state index in [1.807, 2.05) is 69.3 Å². The molecule has 0 radical (unpaired) electrons. The second-order valence-electron chi connectivity index (χ2n) is 7.41. The smallest absolute Gasteiger partial charge is 0.259 e. The molecule has 1 N–H and O–H groups in total. The van der Waals surface area contributed by atoms with E-state index in [0.717, 1.165) is 28.9 Å². The van der Waals surface area contributed by atoms with Gasteiger partial charge in [-0.1, -0.05) is 55.4 Å². The van der Waals surface area contributed by atoms with Gasteiger partial charge in [0.25, 0.3) is 5.91 Å². The van der Waals surface area contributed by atoms with Gasteiger partial charge in [-0.3, -0.25) is 14.6 Å². The van der Waals surface area contributed by atoms with Crippen molar-refractivity contribution < 1.29 is 9.59 Å². The summed E-state index contributed by atoms with van der Waals surface area (Å²) in [4.78, 5) is 36.9. The third-order valence-electron chi connectivity index (χ3n) is 5.16. The van der Waals surface area contributed by atoms with E-state index >= 15 is 0 Å². The number of carbonyl (C=O) groups is 2. The average Bonchev–Trinajstić information content (AvgIpc) is 3.07. The van der Waals surface area contributed by atoms with E-state index in [1.165, 1.54) is 11.8 Å². The second-order valence-corrected chi connectivity index (χ2v) is 8.71. The number of nitrogens with zero attached hydrogens (tertiary/aromatic N) is 3. The SMILES string of the molecule is CCC[C@H]1N=C2c3ccccc3N=C(S[C@H](C)C(=O)Nc3ccccc3C)N2C1=O. The predicted molar refractivity (Wildman–Crippen MR) is 122 cm³/mol. The lowest BCUT2D eigenvalue weighted by Crippen LogP contribution is -2.42. The number of rotatable bonds is 5. The van der Waals surface area contributed by atoms with Gasteiger partial charge in [-0.15, -0.1) is 0 Å². The van der Waals surface area contributed by atoms with Gasteiger partial charge in [0.1, 0.15) is 11.9 Å². The fourth-order valence-corrected chi connectivity index (χ4v) is 4.42. The lowest BCUT2D eigenvalue weighted by Gasteiger charge is -2.27. The van der Waals surface area contributed by atoms with Crippen LogP contribution in [0, 0.1) is 6.92 Å². The van der Waals surface area contributed by atoms with Crippen LogP contribution >= 0.6 is 11.8 Å². The first-order chi connectivity index (χ1) is 14.5. The van der Waals surface area contributed by atoms with Crippen molar-refractivity contribution in [2.24, 2.45) is 9.98 Å². The summed E-state index contributed by atoms with van der Waals surface area (Å²) >= 11 is 1.28. The van der Waals surface area contributed by atoms with Crippen molar-refractivity contribution in [1.29, 1.82) is 0 Å². The monoisotopic (exact) mass is 420 g/mol. The third-order valence-corrected chi connectivity index (χ3v) is 6.22. The maximum absolute atomic E-state index is 13.1. The molecule has 0 spiro atoms. The van der Waals surface area contributed by atoms with Crippen molar-refractivity contribution in [1.82, 2.24) is 4.90 Å². The molecule has 154 valence electrons. The topological polar surface area (TPSA) is 74.1 Å². The zero-order chi connectivity index (χ0) is 21.3. The molecule has 0 saturated carbocycles. The quantitative estimate of drug-likeness (QED) is 0.773. The minimum atomic E-state index is -0.437. The molecular weight excluding hydrogens is 396 g/mol. The van der Waals surface area contributed by atoms with Crippen LogP contribution in [0.2, 0.25) is 0 Å². The Kier molecular flexibility index (Phi) is 5.72. The number of aliphatic imine (C=N–C) groups is 2. The Morgan fingerprint density at radius 2 is 1.93 bits per heavy atom. The second kappa shape index (κ2) is 8.44. The number of aryl methyl sites for hydroxylation is 1. The zero-order valence-electron chi connectivity index (χ0n) is 17.3. The van der Waals surface area contributed by atoms with Crippen LogP contribution in [0.4, 0.5) is 11.4 Å². The number of amidine groups is 2. The fraction of sp³-hybridized carbons (Fsp3) is 0.304. The van der Waals surface area contributed by atoms with Crippen molar-refractivity contribution in [2.45, 2.75) is 44.9 Å². The van der Waals surface area contributed by atoms with Gasteiger partial charge in [0.05, 0.1) is 10.9 Å². The first-order valence-corrected chi connectivity index (χ1v) is 11.0. The lowest BCUT2D eigenvalue weighted by atomic mass is 10.1. The van der Waals surface area contributed by atoms with E-state index in [4.69, 9.17) is 9.98 Å². The van der Waals surface area contributed by atoms with Crippen LogP contribution in [0.15, 0.2) is 58.5 Å². The van der Waals surface area contributed by atoms with Crippen molar-refractivity contribution in [3.63, 3.8) is 0 Å². The number of amides is 2. The molecule has 0 bridgehead atoms. The molecule has 0 saturated heterocycles. The Morgan fingerprint density at radius 3 is 2.70 bits per heavy atom. The molecular formula is C23H24N4O2S. The van der Waals surface area contributed by atoms with Gasteiger partial charge in [-0.25, -0.2) is 9.89 Å². The molecule has 2 aliphatic heterocycles. The van der Waals surface area contributed by atoms with E-state index < -0.39 is 11.3 Å². The highest BCUT2D eigenvalue weighted by Gasteiger charge is 2.41. The van der Waals surface area contributed by atoms with Crippen molar-refractivity contribution in [2.75, 3.05) is 5.32 Å². The maximum atomic E-state index is 13.1. The van der Waals surface area contributed by atoms with Gasteiger partial charge in [0.2, 0.25) is 5.91 Å². The van der Waals surface area contributed by atoms with Gasteiger partial charge in [-0.2, -0.15) is 0 Å². The van der Waals surface area contributed by atoms with E-state index in [-0.39, 0.29) is 11.8 Å². The molecule has 2 heterocycles. The minimum absolute atomic E-state index is 0.0703. The summed E-state index contributed by atoms with van der Waals surface area (Å²) in [6.45, 7) is 5.82. The van der Waals surface area contributed by atoms with Crippen LogP contribution in [0.5, 0.6) is 0 Å². The molecule has 2 aromatic carbocycles. The molecule has 0 aromatic heterocycles. The molecule has 4 rings (SSSR count). The zero-order valence-corrected chi connectivity index (χ0v) is 18.1. The average molecular weight is 421 g/mol. The molecule has 2 aliphatic rings. The van der Waals surface area contributed by atoms with E-state index in [1.54, 1.807) is 4.90 Å². The Hall–Kier alpha value is -2.93. The van der Waals surface area contributed by atoms with Crippen molar-refractivity contribution >= 4 is 46.0 Å². The highest BCUT2D eigenvalue weighted by Crippen LogP contribution is 2.35. The van der Waals surface area contributed by atoms with Crippen LogP contribution in [0.25, 0.3) is 0 Å². The molecule has 0 fully saturated rings. The predicted octanol–water partition coefficient (Wildman–Crippen LogP) is 4.51. The van der Waals surface area contributed by atoms with Gasteiger partial charge in [-0.05, 0) is 44.0 Å². The molecule has 0 aliphatic carbocycles. The van der Waals surface area contributed by atoms with Crippen LogP contribution in [-0.2, 0) is 9.59 Å². The summed E-state index contributed by atoms with van der Waals surface area (Å²) in [5.41, 5.74) is 3.41. The molecule has 0 unspecified atom stereocenters. The number of carbonyl (C=O) groups excluding carboxylic acids is 2. The van der Waals surface area contributed by atoms with Gasteiger partial charge in [0, 0.05) is 11.3 Å². The van der Waals surface area contributed by atoms with Crippen molar-refractivity contribution in [3.8, 4) is 0 Å². The highest BCUT2D eigenvalue weighted by molar-refractivity contribution is 8.15. The molecule has 6 nitrogen and oxygen atoms in total. The summed E-state index contributed by atoms with van der Waals surface area (Å²) in [5.74, 6) is 0.434. The molecule has 2 atom stereocenters. The summed E-state index contributed by atoms with van der Waals surface area (Å²) in [7, 11) is 0. The largest absolute Gasteiger partial charge is 0.325 e. The summed E-state index contributed by atoms with van der Waals surface area (Å²) in [5, 5.41) is 3.04. The number of hydrogen-bond donors (Lipinski definition) is 1. The van der Waals surface area contributed by atoms with Gasteiger partial charge in [0.15, 0.2) is 5.17 Å². The van der Waals surface area contributed by atoms with Crippen LogP contribution in [-0.4, -0.2) is 39.0 Å². The standard InChI is InChI=1S/C23H24N4O2S/c1-4-9-19-22(29)27-20(24-19)16-11-6-8-13-18(16)26-23(27)30-15(3)21(28)25-17-12-7-5-10-14(17)2/h5-8,10-13,15,19H,4,9H2,1-3H3,(H,25,28)/t15-,19-/m1/s1. The Bertz CT molecular complexity index is 1060. The molecule has 30 heavy (non-hydrogen) atoms. The lowest BCUT2D eigenvalue weighted by molar-refractivity contribution is -0.124. The van der Waals surface area contributed by atoms with Crippen LogP contribution in [0.3, 0.4) is 0 Å². The van der Waals surface area contributed by atoms with Gasteiger partial charge >= 0.3 is 0 Å². The Labute approximate surface area is 180 Å². The minimum Gasteiger partial charge on any atom is -0.325 e. The van der Waals surface area contributed by atoms with Gasteiger partial charge < -0.3 is 5.32 Å². The fourth-order valence-electron chi connectivity index (χ4n) is 3.50. The summed E-state index contributed by atoms with van der Waals surface area (Å²) in [6, 6.07) is 14.9. The molecule has 2 aromatic rings. The number of para-hydroxylation sites is 2. The summed E-state index contributed by atoms with van der Waals surface area (Å²) < 4.78 is 0. The normalized spacial score (nSPS) is 18.3. The summed E-state index contributed by atoms with van der Waals surface area (Å²) in [6.07, 6.45) is 1.57. The van der Waals surface area contributed by atoms with E-state index in [9.17, 15) is 9.59 Å². The van der Waals surface area contributed by atoms with E-state index in [0.29, 0.717) is 17.4 Å². The van der Waals surface area contributed by atoms with Crippen LogP contribution < -0.4 is 5.32 Å². The first-order valence-electron chi connectivity index (χ1n) is 10.1. The third kappa shape index (κ3) is 3.77. The van der Waals surface area contributed by atoms with Crippen LogP contribution in [0.1, 0.15) is 37.8 Å². The molecule has 2 amide bonds. The molecule has 7 heteroatoms. The number of benzene rings is 2. The Balaban J connectivity index is 1.59. The number of nitrogens with one attached hydrogen (secondary N) is 1. The highest BCUT2D eigenvalue weighted by atomic mass is 32.2. The number of fused-ring (bicyclic) bond motifs is 3. The number of anilines is 1. The van der Waals surface area contributed by atoms with Crippen molar-refractivity contribution in [3.05, 3.63) is 59.7 Å². The number of thioether (sulfide) groups is 1. The van der Waals surface area contributed by atoms with E-state index in [2.05, 4.69) is 5.32 Å². The maximum Gasteiger partial charge on any atom is 0.259 e.